The number of nitrogens with zero attached hydrogens (tertiary/aromatic N) is 5. The Morgan fingerprint density at radius 3 is 2.85 bits per heavy atom. The molecule has 4 rings (SSSR count). The molecule has 0 spiro atoms. The van der Waals surface area contributed by atoms with Gasteiger partial charge in [-0.2, -0.15) is 10.2 Å². The quantitative estimate of drug-likeness (QED) is 0.410. The van der Waals surface area contributed by atoms with Crippen molar-refractivity contribution in [1.29, 1.82) is 5.26 Å². The first kappa shape index (κ1) is 22.7. The lowest BCUT2D eigenvalue weighted by Gasteiger charge is -2.22. The molecule has 2 atom stereocenters. The van der Waals surface area contributed by atoms with E-state index >= 15 is 0 Å². The maximum Gasteiger partial charge on any atom is 0.299 e. The summed E-state index contributed by atoms with van der Waals surface area (Å²) in [4.78, 5) is 26.5. The van der Waals surface area contributed by atoms with E-state index in [0.29, 0.717) is 41.2 Å². The summed E-state index contributed by atoms with van der Waals surface area (Å²) in [5.41, 5.74) is 4.00. The first-order valence-corrected chi connectivity index (χ1v) is 10.8. The minimum absolute atomic E-state index is 0.0857. The van der Waals surface area contributed by atoms with Gasteiger partial charge in [0.05, 0.1) is 28.9 Å². The molecule has 1 aromatic carbocycles. The van der Waals surface area contributed by atoms with Crippen molar-refractivity contribution in [2.24, 2.45) is 0 Å². The molecule has 33 heavy (non-hydrogen) atoms. The highest BCUT2D eigenvalue weighted by Crippen LogP contribution is 2.33. The van der Waals surface area contributed by atoms with Crippen LogP contribution in [0, 0.1) is 18.3 Å². The van der Waals surface area contributed by atoms with Crippen LogP contribution < -0.4 is 15.0 Å². The zero-order valence-electron chi connectivity index (χ0n) is 18.5. The van der Waals surface area contributed by atoms with Gasteiger partial charge in [0.1, 0.15) is 11.2 Å². The van der Waals surface area contributed by atoms with Gasteiger partial charge in [0.25, 0.3) is 6.47 Å². The molecule has 2 aromatic heterocycles. The minimum Gasteiger partial charge on any atom is -0.407 e. The number of nitrogens with one attached hydrogen (secondary N) is 1. The number of methoxy groups -OCH3 is 1. The predicted octanol–water partition coefficient (Wildman–Crippen LogP) is 3.79. The third kappa shape index (κ3) is 4.67. The number of fused-ring (bicyclic) bond motifs is 1. The van der Waals surface area contributed by atoms with Gasteiger partial charge < -0.3 is 19.7 Å². The van der Waals surface area contributed by atoms with Gasteiger partial charge in [-0.3, -0.25) is 4.79 Å². The van der Waals surface area contributed by atoms with E-state index in [4.69, 9.17) is 26.1 Å². The van der Waals surface area contributed by atoms with Crippen LogP contribution in [0.3, 0.4) is 0 Å². The fourth-order valence-electron chi connectivity index (χ4n) is 4.04. The molecule has 1 fully saturated rings. The lowest BCUT2D eigenvalue weighted by molar-refractivity contribution is -0.120. The van der Waals surface area contributed by atoms with Crippen molar-refractivity contribution in [2.45, 2.75) is 32.4 Å². The normalized spacial score (nSPS) is 16.5. The van der Waals surface area contributed by atoms with Crippen molar-refractivity contribution in [1.82, 2.24) is 15.0 Å². The lowest BCUT2D eigenvalue weighted by atomic mass is 10.0. The highest BCUT2D eigenvalue weighted by Gasteiger charge is 2.27. The summed E-state index contributed by atoms with van der Waals surface area (Å²) in [5.74, 6) is 0.641. The van der Waals surface area contributed by atoms with Gasteiger partial charge in [-0.25, -0.2) is 9.97 Å². The summed E-state index contributed by atoms with van der Waals surface area (Å²) < 4.78 is 10.5. The number of hydrogen-bond donors (Lipinski definition) is 1. The second-order valence-corrected chi connectivity index (χ2v) is 8.28. The Balaban J connectivity index is 1.77. The molecule has 0 amide bonds. The highest BCUT2D eigenvalue weighted by atomic mass is 35.5. The molecule has 0 saturated carbocycles. The fourth-order valence-corrected chi connectivity index (χ4v) is 4.18. The Morgan fingerprint density at radius 1 is 1.33 bits per heavy atom. The Kier molecular flexibility index (Phi) is 6.58. The van der Waals surface area contributed by atoms with Crippen LogP contribution in [0.15, 0.2) is 24.3 Å². The average Bonchev–Trinajstić information content (AvgIpc) is 3.28. The maximum atomic E-state index is 10.9. The predicted molar refractivity (Wildman–Crippen MR) is 125 cm³/mol. The molecule has 1 saturated heterocycles. The van der Waals surface area contributed by atoms with Gasteiger partial charge in [-0.15, -0.1) is 0 Å². The zero-order valence-corrected chi connectivity index (χ0v) is 19.3. The molecule has 0 bridgehead atoms. The largest absolute Gasteiger partial charge is 0.407 e. The van der Waals surface area contributed by atoms with Gasteiger partial charge in [0.2, 0.25) is 5.88 Å². The number of carbonyl (C=O) groups is 1. The minimum atomic E-state index is -0.246. The molecule has 170 valence electrons. The number of hydrogen-bond acceptors (Lipinski definition) is 9. The van der Waals surface area contributed by atoms with E-state index in [-0.39, 0.29) is 23.2 Å². The number of pyridine rings is 1. The molecule has 1 N–H and O–H groups in total. The van der Waals surface area contributed by atoms with Crippen LogP contribution in [0.5, 0.6) is 5.88 Å². The summed E-state index contributed by atoms with van der Waals surface area (Å²) in [6, 6.07) is 9.19. The van der Waals surface area contributed by atoms with Crippen molar-refractivity contribution >= 4 is 40.6 Å². The number of carbonyl (C=O) groups excluding carboxylic acids is 1. The smallest absolute Gasteiger partial charge is 0.299 e. The summed E-state index contributed by atoms with van der Waals surface area (Å²) >= 11 is 5.94. The van der Waals surface area contributed by atoms with E-state index in [9.17, 15) is 10.1 Å². The van der Waals surface area contributed by atoms with Crippen molar-refractivity contribution in [2.75, 3.05) is 30.4 Å². The molecule has 3 aromatic rings. The van der Waals surface area contributed by atoms with Crippen LogP contribution in [-0.2, 0) is 9.53 Å². The van der Waals surface area contributed by atoms with Crippen molar-refractivity contribution in [3.63, 3.8) is 0 Å². The molecule has 0 aliphatic carbocycles. The topological polar surface area (TPSA) is 113 Å². The SMILES string of the molecule is CO[C@@H]1CCN(c2nc3c([C@@H](C)Nc4ccc(Cl)nc4OC=O)cc(C)cc3nc2C#N)C1. The van der Waals surface area contributed by atoms with E-state index in [2.05, 4.69) is 21.4 Å². The van der Waals surface area contributed by atoms with Crippen LogP contribution in [0.4, 0.5) is 11.5 Å². The van der Waals surface area contributed by atoms with Gasteiger partial charge >= 0.3 is 0 Å². The molecule has 10 heteroatoms. The summed E-state index contributed by atoms with van der Waals surface area (Å²) in [6.07, 6.45) is 0.962. The summed E-state index contributed by atoms with van der Waals surface area (Å²) in [5, 5.41) is 13.3. The highest BCUT2D eigenvalue weighted by molar-refractivity contribution is 6.29. The van der Waals surface area contributed by atoms with Crippen molar-refractivity contribution < 1.29 is 14.3 Å². The third-order valence-corrected chi connectivity index (χ3v) is 5.84. The Morgan fingerprint density at radius 2 is 2.15 bits per heavy atom. The molecular formula is C23H23ClN6O3. The number of nitriles is 1. The number of halogens is 1. The molecule has 3 heterocycles. The first-order chi connectivity index (χ1) is 15.9. The lowest BCUT2D eigenvalue weighted by Crippen LogP contribution is -2.24. The summed E-state index contributed by atoms with van der Waals surface area (Å²) in [7, 11) is 1.69. The second-order valence-electron chi connectivity index (χ2n) is 7.89. The summed E-state index contributed by atoms with van der Waals surface area (Å²) in [6.45, 7) is 5.63. The molecule has 0 radical (unpaired) electrons. The Hall–Kier alpha value is -3.48. The average molecular weight is 467 g/mol. The van der Waals surface area contributed by atoms with E-state index in [1.165, 1.54) is 0 Å². The molecular weight excluding hydrogens is 444 g/mol. The van der Waals surface area contributed by atoms with Gasteiger partial charge in [0, 0.05) is 25.8 Å². The number of aromatic nitrogens is 3. The molecule has 9 nitrogen and oxygen atoms in total. The molecule has 0 unspecified atom stereocenters. The number of rotatable bonds is 7. The van der Waals surface area contributed by atoms with Crippen LogP contribution in [0.1, 0.15) is 36.2 Å². The van der Waals surface area contributed by atoms with Crippen LogP contribution in [-0.4, -0.2) is 47.7 Å². The molecule has 1 aliphatic rings. The second kappa shape index (κ2) is 9.57. The van der Waals surface area contributed by atoms with E-state index in [1.54, 1.807) is 19.2 Å². The molecule has 1 aliphatic heterocycles. The third-order valence-electron chi connectivity index (χ3n) is 5.63. The van der Waals surface area contributed by atoms with E-state index in [0.717, 1.165) is 24.1 Å². The van der Waals surface area contributed by atoms with Gasteiger partial charge in [0.15, 0.2) is 11.5 Å². The van der Waals surface area contributed by atoms with Gasteiger partial charge in [-0.1, -0.05) is 17.7 Å². The van der Waals surface area contributed by atoms with Crippen molar-refractivity contribution in [3.05, 3.63) is 46.2 Å². The van der Waals surface area contributed by atoms with E-state index < -0.39 is 0 Å². The maximum absolute atomic E-state index is 10.9. The Bertz CT molecular complexity index is 1250. The van der Waals surface area contributed by atoms with Crippen molar-refractivity contribution in [3.8, 4) is 11.9 Å². The van der Waals surface area contributed by atoms with Gasteiger partial charge in [-0.05, 0) is 44.0 Å². The fraction of sp³-hybridized carbons (Fsp3) is 0.348. The Labute approximate surface area is 196 Å². The number of aryl methyl sites for hydroxylation is 1. The monoisotopic (exact) mass is 466 g/mol. The van der Waals surface area contributed by atoms with Crippen LogP contribution >= 0.6 is 11.6 Å². The zero-order chi connectivity index (χ0) is 23.5. The number of benzene rings is 1. The van der Waals surface area contributed by atoms with E-state index in [1.807, 2.05) is 30.9 Å². The first-order valence-electron chi connectivity index (χ1n) is 10.5. The van der Waals surface area contributed by atoms with Crippen LogP contribution in [0.25, 0.3) is 11.0 Å². The van der Waals surface area contributed by atoms with Crippen LogP contribution in [0.2, 0.25) is 5.15 Å². The number of anilines is 2. The standard InChI is InChI=1S/C23H23ClN6O3/c1-13-8-16(14(2)26-17-4-5-20(24)28-23(17)33-12-31)21-18(9-13)27-19(10-25)22(29-21)30-7-6-15(11-30)32-3/h4-5,8-9,12,14-15,26H,6-7,11H2,1-3H3/t14-,15-/m1/s1. The number of ether oxygens (including phenoxy) is 2.